The maximum Gasteiger partial charge on any atom is 0.197 e. The average molecular weight is 245 g/mol. The van der Waals surface area contributed by atoms with Gasteiger partial charge in [-0.15, -0.1) is 0 Å². The smallest absolute Gasteiger partial charge is 0.197 e. The van der Waals surface area contributed by atoms with Crippen LogP contribution in [0.25, 0.3) is 0 Å². The van der Waals surface area contributed by atoms with E-state index in [1.165, 1.54) is 0 Å². The highest BCUT2D eigenvalue weighted by atomic mass is 16.1. The Morgan fingerprint density at radius 3 is 2.78 bits per heavy atom. The van der Waals surface area contributed by atoms with Crippen molar-refractivity contribution < 1.29 is 4.79 Å². The number of carbonyl (C=O) groups is 1. The van der Waals surface area contributed by atoms with Gasteiger partial charge in [-0.05, 0) is 19.3 Å². The van der Waals surface area contributed by atoms with E-state index in [4.69, 9.17) is 5.26 Å². The number of hydrogen-bond acceptors (Lipinski definition) is 3. The van der Waals surface area contributed by atoms with Gasteiger partial charge in [-0.2, -0.15) is 5.26 Å². The summed E-state index contributed by atoms with van der Waals surface area (Å²) in [7, 11) is 0. The zero-order chi connectivity index (χ0) is 13.3. The number of nitrogens with zero attached hydrogens (tertiary/aromatic N) is 3. The molecule has 0 N–H and O–H groups in total. The summed E-state index contributed by atoms with van der Waals surface area (Å²) in [6.45, 7) is 7.26. The first-order valence-electron chi connectivity index (χ1n) is 6.45. The van der Waals surface area contributed by atoms with Gasteiger partial charge in [0.1, 0.15) is 17.9 Å². The zero-order valence-corrected chi connectivity index (χ0v) is 11.3. The van der Waals surface area contributed by atoms with Gasteiger partial charge in [0.05, 0.1) is 6.07 Å². The Kier molecular flexibility index (Phi) is 3.25. The SMILES string of the molecule is CC(C)(C)c1nc(C(=O)CC#N)c2n1CCCC2. The molecule has 0 fully saturated rings. The summed E-state index contributed by atoms with van der Waals surface area (Å²) in [5, 5.41) is 8.66. The quantitative estimate of drug-likeness (QED) is 0.752. The lowest BCUT2D eigenvalue weighted by Gasteiger charge is -2.23. The highest BCUT2D eigenvalue weighted by molar-refractivity contribution is 5.96. The summed E-state index contributed by atoms with van der Waals surface area (Å²) in [6.07, 6.45) is 3.06. The van der Waals surface area contributed by atoms with Crippen molar-refractivity contribution in [2.24, 2.45) is 0 Å². The normalized spacial score (nSPS) is 15.0. The lowest BCUT2D eigenvalue weighted by atomic mass is 9.95. The summed E-state index contributed by atoms with van der Waals surface area (Å²) in [5.74, 6) is 0.831. The molecule has 1 aliphatic rings. The van der Waals surface area contributed by atoms with Crippen LogP contribution >= 0.6 is 0 Å². The summed E-state index contributed by atoms with van der Waals surface area (Å²) in [4.78, 5) is 16.5. The third kappa shape index (κ3) is 2.17. The number of fused-ring (bicyclic) bond motifs is 1. The van der Waals surface area contributed by atoms with E-state index < -0.39 is 0 Å². The molecule has 0 saturated carbocycles. The molecule has 1 aliphatic heterocycles. The maximum atomic E-state index is 12.0. The molecule has 0 amide bonds. The third-order valence-electron chi connectivity index (χ3n) is 3.29. The molecule has 0 unspecified atom stereocenters. The van der Waals surface area contributed by atoms with Crippen LogP contribution in [0.15, 0.2) is 0 Å². The minimum Gasteiger partial charge on any atom is -0.331 e. The van der Waals surface area contributed by atoms with E-state index >= 15 is 0 Å². The molecule has 0 radical (unpaired) electrons. The van der Waals surface area contributed by atoms with Crippen molar-refractivity contribution in [3.05, 3.63) is 17.2 Å². The van der Waals surface area contributed by atoms with Gasteiger partial charge in [-0.1, -0.05) is 20.8 Å². The van der Waals surface area contributed by atoms with E-state index in [1.807, 2.05) is 6.07 Å². The van der Waals surface area contributed by atoms with Gasteiger partial charge in [0.15, 0.2) is 5.78 Å². The number of ketones is 1. The largest absolute Gasteiger partial charge is 0.331 e. The second-order valence-electron chi connectivity index (χ2n) is 5.85. The Balaban J connectivity index is 2.52. The number of nitriles is 1. The van der Waals surface area contributed by atoms with E-state index in [9.17, 15) is 4.79 Å². The van der Waals surface area contributed by atoms with Crippen molar-refractivity contribution in [2.75, 3.05) is 0 Å². The average Bonchev–Trinajstić information content (AvgIpc) is 2.68. The molecule has 4 heteroatoms. The molecule has 4 nitrogen and oxygen atoms in total. The van der Waals surface area contributed by atoms with Crippen LogP contribution in [0.1, 0.15) is 62.0 Å². The van der Waals surface area contributed by atoms with Crippen LogP contribution in [0.3, 0.4) is 0 Å². The minimum atomic E-state index is -0.140. The van der Waals surface area contributed by atoms with Gasteiger partial charge in [-0.3, -0.25) is 4.79 Å². The highest BCUT2D eigenvalue weighted by Crippen LogP contribution is 2.29. The van der Waals surface area contributed by atoms with Crippen molar-refractivity contribution in [3.63, 3.8) is 0 Å². The van der Waals surface area contributed by atoms with Crippen LogP contribution in [0.4, 0.5) is 0 Å². The Hall–Kier alpha value is -1.63. The van der Waals surface area contributed by atoms with Gasteiger partial charge < -0.3 is 4.57 Å². The van der Waals surface area contributed by atoms with Crippen molar-refractivity contribution in [3.8, 4) is 6.07 Å². The molecule has 1 aromatic heterocycles. The Labute approximate surface area is 108 Å². The first-order chi connectivity index (χ1) is 8.45. The molecule has 0 bridgehead atoms. The van der Waals surface area contributed by atoms with Crippen LogP contribution in [0.5, 0.6) is 0 Å². The molecule has 96 valence electrons. The third-order valence-corrected chi connectivity index (χ3v) is 3.29. The lowest BCUT2D eigenvalue weighted by Crippen LogP contribution is -2.22. The summed E-state index contributed by atoms with van der Waals surface area (Å²) >= 11 is 0. The van der Waals surface area contributed by atoms with Gasteiger partial charge >= 0.3 is 0 Å². The lowest BCUT2D eigenvalue weighted by molar-refractivity contribution is 0.0992. The van der Waals surface area contributed by atoms with Crippen LogP contribution in [-0.2, 0) is 18.4 Å². The molecule has 0 aromatic carbocycles. The monoisotopic (exact) mass is 245 g/mol. The van der Waals surface area contributed by atoms with Gasteiger partial charge in [0.2, 0.25) is 0 Å². The number of imidazole rings is 1. The fourth-order valence-electron chi connectivity index (χ4n) is 2.49. The number of aromatic nitrogens is 2. The Bertz CT molecular complexity index is 514. The first-order valence-corrected chi connectivity index (χ1v) is 6.45. The molecular formula is C14H19N3O. The van der Waals surface area contributed by atoms with Crippen LogP contribution < -0.4 is 0 Å². The summed E-state index contributed by atoms with van der Waals surface area (Å²) in [5.41, 5.74) is 1.49. The second kappa shape index (κ2) is 4.56. The summed E-state index contributed by atoms with van der Waals surface area (Å²) in [6, 6.07) is 1.92. The molecule has 18 heavy (non-hydrogen) atoms. The highest BCUT2D eigenvalue weighted by Gasteiger charge is 2.29. The fourth-order valence-corrected chi connectivity index (χ4v) is 2.49. The van der Waals surface area contributed by atoms with Crippen molar-refractivity contribution in [1.29, 1.82) is 5.26 Å². The molecule has 2 heterocycles. The van der Waals surface area contributed by atoms with Crippen LogP contribution in [-0.4, -0.2) is 15.3 Å². The molecule has 0 saturated heterocycles. The molecule has 1 aromatic rings. The van der Waals surface area contributed by atoms with E-state index in [2.05, 4.69) is 30.3 Å². The number of rotatable bonds is 2. The van der Waals surface area contributed by atoms with Gasteiger partial charge in [-0.25, -0.2) is 4.98 Å². The fraction of sp³-hybridized carbons (Fsp3) is 0.643. The zero-order valence-electron chi connectivity index (χ0n) is 11.3. The number of Topliss-reactive ketones (excluding diaryl/α,β-unsaturated/α-hetero) is 1. The van der Waals surface area contributed by atoms with Crippen LogP contribution in [0.2, 0.25) is 0 Å². The van der Waals surface area contributed by atoms with Gasteiger partial charge in [0.25, 0.3) is 0 Å². The van der Waals surface area contributed by atoms with E-state index in [-0.39, 0.29) is 17.6 Å². The summed E-state index contributed by atoms with van der Waals surface area (Å²) < 4.78 is 2.19. The topological polar surface area (TPSA) is 58.7 Å². The molecule has 0 aliphatic carbocycles. The predicted octanol–water partition coefficient (Wildman–Crippen LogP) is 2.61. The standard InChI is InChI=1S/C14H19N3O/c1-14(2,3)13-16-12(11(18)7-8-15)10-6-4-5-9-17(10)13/h4-7,9H2,1-3H3. The predicted molar refractivity (Wildman–Crippen MR) is 68.4 cm³/mol. The maximum absolute atomic E-state index is 12.0. The van der Waals surface area contributed by atoms with Crippen molar-refractivity contribution in [1.82, 2.24) is 9.55 Å². The van der Waals surface area contributed by atoms with E-state index in [1.54, 1.807) is 0 Å². The Morgan fingerprint density at radius 1 is 1.44 bits per heavy atom. The van der Waals surface area contributed by atoms with E-state index in [0.29, 0.717) is 5.69 Å². The molecule has 2 rings (SSSR count). The number of hydrogen-bond donors (Lipinski definition) is 0. The van der Waals surface area contributed by atoms with Crippen molar-refractivity contribution >= 4 is 5.78 Å². The second-order valence-corrected chi connectivity index (χ2v) is 5.85. The first kappa shape index (κ1) is 12.8. The van der Waals surface area contributed by atoms with E-state index in [0.717, 1.165) is 37.3 Å². The minimum absolute atomic E-state index is 0.0722. The molecule has 0 spiro atoms. The number of carbonyl (C=O) groups excluding carboxylic acids is 1. The van der Waals surface area contributed by atoms with Crippen LogP contribution in [0, 0.1) is 11.3 Å². The Morgan fingerprint density at radius 2 is 2.17 bits per heavy atom. The molecule has 0 atom stereocenters. The van der Waals surface area contributed by atoms with Crippen molar-refractivity contribution in [2.45, 2.75) is 58.4 Å². The molecular weight excluding hydrogens is 226 g/mol. The van der Waals surface area contributed by atoms with Gasteiger partial charge in [0, 0.05) is 17.7 Å².